The Morgan fingerprint density at radius 1 is 1.12 bits per heavy atom. The fraction of sp³-hybridized carbons (Fsp3) is 0.571. The molecule has 5 heteroatoms. The minimum absolute atomic E-state index is 0.289. The third-order valence-electron chi connectivity index (χ3n) is 5.85. The predicted molar refractivity (Wildman–Crippen MR) is 107 cm³/mol. The number of aromatic nitrogens is 1. The van der Waals surface area contributed by atoms with Gasteiger partial charge in [0.2, 0.25) is 0 Å². The number of piperazine rings is 1. The van der Waals surface area contributed by atoms with Crippen molar-refractivity contribution in [2.24, 2.45) is 0 Å². The van der Waals surface area contributed by atoms with Crippen LogP contribution in [0.4, 0.5) is 0 Å². The summed E-state index contributed by atoms with van der Waals surface area (Å²) in [5, 5.41) is 12.9. The Morgan fingerprint density at radius 3 is 2.69 bits per heavy atom. The second-order valence-corrected chi connectivity index (χ2v) is 8.51. The summed E-state index contributed by atoms with van der Waals surface area (Å²) in [7, 11) is 0. The molecule has 2 aliphatic rings. The fourth-order valence-corrected chi connectivity index (χ4v) is 5.36. The fourth-order valence-electron chi connectivity index (χ4n) is 4.52. The summed E-state index contributed by atoms with van der Waals surface area (Å²) in [6.07, 6.45) is 6.32. The van der Waals surface area contributed by atoms with Crippen LogP contribution in [0.1, 0.15) is 37.1 Å². The molecule has 1 aliphatic heterocycles. The van der Waals surface area contributed by atoms with Crippen molar-refractivity contribution in [3.63, 3.8) is 0 Å². The lowest BCUT2D eigenvalue weighted by molar-refractivity contribution is 0.0267. The van der Waals surface area contributed by atoms with E-state index in [0.717, 1.165) is 44.3 Å². The lowest BCUT2D eigenvalue weighted by Crippen LogP contribution is -2.55. The van der Waals surface area contributed by atoms with Gasteiger partial charge in [0.05, 0.1) is 12.2 Å². The van der Waals surface area contributed by atoms with Gasteiger partial charge in [-0.15, -0.1) is 11.3 Å². The van der Waals surface area contributed by atoms with E-state index in [9.17, 15) is 5.11 Å². The van der Waals surface area contributed by atoms with Crippen LogP contribution in [0.15, 0.2) is 35.7 Å². The molecule has 1 atom stereocenters. The van der Waals surface area contributed by atoms with Crippen LogP contribution in [-0.2, 0) is 6.54 Å². The van der Waals surface area contributed by atoms with E-state index in [1.165, 1.54) is 36.3 Å². The van der Waals surface area contributed by atoms with Crippen LogP contribution < -0.4 is 0 Å². The van der Waals surface area contributed by atoms with Crippen molar-refractivity contribution in [1.82, 2.24) is 14.8 Å². The molecule has 1 aromatic carbocycles. The minimum atomic E-state index is 0.289. The Morgan fingerprint density at radius 2 is 1.92 bits per heavy atom. The lowest BCUT2D eigenvalue weighted by atomic mass is 10.0. The Balaban J connectivity index is 1.39. The van der Waals surface area contributed by atoms with Gasteiger partial charge in [-0.2, -0.15) is 0 Å². The van der Waals surface area contributed by atoms with Crippen LogP contribution in [0.5, 0.6) is 0 Å². The molecule has 1 saturated carbocycles. The summed E-state index contributed by atoms with van der Waals surface area (Å²) in [6.45, 7) is 4.51. The number of aliphatic hydroxyl groups is 1. The van der Waals surface area contributed by atoms with E-state index >= 15 is 0 Å². The molecule has 1 aromatic heterocycles. The molecule has 26 heavy (non-hydrogen) atoms. The molecule has 1 saturated heterocycles. The van der Waals surface area contributed by atoms with Crippen molar-refractivity contribution in [1.29, 1.82) is 0 Å². The van der Waals surface area contributed by atoms with Gasteiger partial charge in [-0.05, 0) is 19.3 Å². The number of benzene rings is 1. The van der Waals surface area contributed by atoms with E-state index < -0.39 is 0 Å². The Hall–Kier alpha value is -1.27. The van der Waals surface area contributed by atoms with E-state index in [0.29, 0.717) is 6.04 Å². The van der Waals surface area contributed by atoms with Crippen LogP contribution in [0.25, 0.3) is 11.3 Å². The molecule has 140 valence electrons. The predicted octanol–water partition coefficient (Wildman–Crippen LogP) is 3.62. The number of thiazole rings is 1. The van der Waals surface area contributed by atoms with Gasteiger partial charge >= 0.3 is 0 Å². The van der Waals surface area contributed by atoms with Gasteiger partial charge in [-0.1, -0.05) is 43.2 Å². The first-order valence-electron chi connectivity index (χ1n) is 9.92. The zero-order chi connectivity index (χ0) is 17.8. The Bertz CT molecular complexity index is 684. The number of hydrogen-bond acceptors (Lipinski definition) is 5. The first kappa shape index (κ1) is 18.1. The van der Waals surface area contributed by atoms with Gasteiger partial charge in [0, 0.05) is 49.3 Å². The highest BCUT2D eigenvalue weighted by molar-refractivity contribution is 7.09. The maximum absolute atomic E-state index is 9.53. The van der Waals surface area contributed by atoms with Crippen LogP contribution in [0.2, 0.25) is 0 Å². The van der Waals surface area contributed by atoms with Crippen LogP contribution in [0.3, 0.4) is 0 Å². The zero-order valence-electron chi connectivity index (χ0n) is 15.4. The summed E-state index contributed by atoms with van der Waals surface area (Å²) in [6, 6.07) is 11.7. The van der Waals surface area contributed by atoms with Gasteiger partial charge in [-0.3, -0.25) is 9.80 Å². The molecule has 4 rings (SSSR count). The van der Waals surface area contributed by atoms with E-state index in [1.54, 1.807) is 11.3 Å². The van der Waals surface area contributed by atoms with Gasteiger partial charge in [0.15, 0.2) is 0 Å². The number of hydrogen-bond donors (Lipinski definition) is 1. The van der Waals surface area contributed by atoms with Crippen LogP contribution in [-0.4, -0.2) is 58.2 Å². The first-order chi connectivity index (χ1) is 12.8. The van der Waals surface area contributed by atoms with Gasteiger partial charge in [0.1, 0.15) is 5.01 Å². The van der Waals surface area contributed by atoms with Crippen molar-refractivity contribution < 1.29 is 5.11 Å². The number of aliphatic hydroxyl groups excluding tert-OH is 1. The molecule has 0 unspecified atom stereocenters. The number of nitrogens with zero attached hydrogens (tertiary/aromatic N) is 3. The van der Waals surface area contributed by atoms with Gasteiger partial charge < -0.3 is 5.11 Å². The molecule has 4 nitrogen and oxygen atoms in total. The van der Waals surface area contributed by atoms with Gasteiger partial charge in [0.25, 0.3) is 0 Å². The lowest BCUT2D eigenvalue weighted by Gasteiger charge is -2.44. The highest BCUT2D eigenvalue weighted by atomic mass is 32.1. The highest BCUT2D eigenvalue weighted by Gasteiger charge is 2.33. The second kappa shape index (κ2) is 8.61. The Labute approximate surface area is 160 Å². The molecule has 1 aliphatic carbocycles. The normalized spacial score (nSPS) is 22.9. The van der Waals surface area contributed by atoms with Crippen molar-refractivity contribution >= 4 is 11.3 Å². The second-order valence-electron chi connectivity index (χ2n) is 7.57. The van der Waals surface area contributed by atoms with E-state index in [-0.39, 0.29) is 6.61 Å². The first-order valence-corrected chi connectivity index (χ1v) is 10.8. The van der Waals surface area contributed by atoms with Crippen molar-refractivity contribution in [3.8, 4) is 11.3 Å². The smallest absolute Gasteiger partial charge is 0.107 e. The molecule has 2 aromatic rings. The van der Waals surface area contributed by atoms with E-state index in [4.69, 9.17) is 4.98 Å². The summed E-state index contributed by atoms with van der Waals surface area (Å²) in [5.74, 6) is 0. The molecule has 2 heterocycles. The van der Waals surface area contributed by atoms with Crippen molar-refractivity contribution in [2.75, 3.05) is 26.2 Å². The summed E-state index contributed by atoms with van der Waals surface area (Å²) >= 11 is 1.76. The molecule has 0 radical (unpaired) electrons. The third kappa shape index (κ3) is 4.17. The van der Waals surface area contributed by atoms with Crippen molar-refractivity contribution in [3.05, 3.63) is 40.7 Å². The monoisotopic (exact) mass is 371 g/mol. The quantitative estimate of drug-likeness (QED) is 0.842. The molecule has 1 N–H and O–H groups in total. The highest BCUT2D eigenvalue weighted by Crippen LogP contribution is 2.29. The van der Waals surface area contributed by atoms with Crippen LogP contribution >= 0.6 is 11.3 Å². The topological polar surface area (TPSA) is 39.6 Å². The summed E-state index contributed by atoms with van der Waals surface area (Å²) < 4.78 is 0. The third-order valence-corrected chi connectivity index (χ3v) is 6.68. The van der Waals surface area contributed by atoms with E-state index in [1.807, 2.05) is 6.07 Å². The van der Waals surface area contributed by atoms with Gasteiger partial charge in [-0.25, -0.2) is 4.98 Å². The van der Waals surface area contributed by atoms with E-state index in [2.05, 4.69) is 39.4 Å². The standard InChI is InChI=1S/C21H29N3OS/c25-13-10-19-14-23(11-12-24(19)18-8-4-5-9-18)15-21-22-20(16-26-21)17-6-2-1-3-7-17/h1-3,6-7,16,18-19,25H,4-5,8-15H2/t19-/m0/s1. The molecule has 0 spiro atoms. The zero-order valence-corrected chi connectivity index (χ0v) is 16.2. The summed E-state index contributed by atoms with van der Waals surface area (Å²) in [4.78, 5) is 10.1. The maximum Gasteiger partial charge on any atom is 0.107 e. The average molecular weight is 372 g/mol. The van der Waals surface area contributed by atoms with Crippen molar-refractivity contribution in [2.45, 2.75) is 50.7 Å². The molecular formula is C21H29N3OS. The average Bonchev–Trinajstić information content (AvgIpc) is 3.35. The number of rotatable bonds is 6. The molecule has 0 amide bonds. The molecule has 2 fully saturated rings. The molecular weight excluding hydrogens is 342 g/mol. The molecule has 0 bridgehead atoms. The summed E-state index contributed by atoms with van der Waals surface area (Å²) in [5.41, 5.74) is 2.28. The Kier molecular flexibility index (Phi) is 6.00. The maximum atomic E-state index is 9.53. The largest absolute Gasteiger partial charge is 0.396 e. The SMILES string of the molecule is OCC[C@H]1CN(Cc2nc(-c3ccccc3)cs2)CCN1C1CCCC1. The minimum Gasteiger partial charge on any atom is -0.396 e. The van der Waals surface area contributed by atoms with Crippen LogP contribution in [0, 0.1) is 0 Å².